The fourth-order valence-corrected chi connectivity index (χ4v) is 3.54. The normalized spacial score (nSPS) is 11.7. The summed E-state index contributed by atoms with van der Waals surface area (Å²) in [5.74, 6) is 0.0868. The highest BCUT2D eigenvalue weighted by atomic mass is 35.5. The van der Waals surface area contributed by atoms with Crippen LogP contribution in [0.25, 0.3) is 16.7 Å². The minimum Gasteiger partial charge on any atom is -0.406 e. The van der Waals surface area contributed by atoms with E-state index in [2.05, 4.69) is 15.4 Å². The Morgan fingerprint density at radius 1 is 1.19 bits per heavy atom. The molecule has 11 heteroatoms. The van der Waals surface area contributed by atoms with E-state index >= 15 is 0 Å². The van der Waals surface area contributed by atoms with Crippen LogP contribution in [0.5, 0.6) is 5.75 Å². The van der Waals surface area contributed by atoms with E-state index in [0.717, 1.165) is 24.1 Å². The molecule has 0 saturated carbocycles. The van der Waals surface area contributed by atoms with Gasteiger partial charge in [-0.25, -0.2) is 14.5 Å². The van der Waals surface area contributed by atoms with Gasteiger partial charge in [-0.1, -0.05) is 11.6 Å². The van der Waals surface area contributed by atoms with Crippen LogP contribution in [0, 0.1) is 6.92 Å². The molecule has 0 unspecified atom stereocenters. The number of aromatic nitrogens is 4. The van der Waals surface area contributed by atoms with Crippen molar-refractivity contribution >= 4 is 34.4 Å². The highest BCUT2D eigenvalue weighted by molar-refractivity contribution is 6.30. The van der Waals surface area contributed by atoms with E-state index in [1.54, 1.807) is 18.2 Å². The molecule has 0 aliphatic carbocycles. The molecule has 7 nitrogen and oxygen atoms in total. The molecule has 2 heterocycles. The molecule has 32 heavy (non-hydrogen) atoms. The molecule has 4 aromatic rings. The number of carbonyl (C=O) groups excluding carboxylic acids is 1. The zero-order chi connectivity index (χ0) is 23.0. The maximum atomic E-state index is 13.7. The van der Waals surface area contributed by atoms with Crippen molar-refractivity contribution in [3.05, 3.63) is 65.2 Å². The Bertz CT molecular complexity index is 1300. The summed E-state index contributed by atoms with van der Waals surface area (Å²) in [6.07, 6.45) is -5.07. The molecule has 0 atom stereocenters. The number of ether oxygens (including phenoxy) is 1. The molecule has 0 aliphatic rings. The van der Waals surface area contributed by atoms with Crippen LogP contribution in [0.2, 0.25) is 5.02 Å². The van der Waals surface area contributed by atoms with E-state index in [1.165, 1.54) is 24.3 Å². The second-order valence-electron chi connectivity index (χ2n) is 6.86. The molecule has 0 radical (unpaired) electrons. The van der Waals surface area contributed by atoms with Crippen LogP contribution < -0.4 is 10.1 Å². The number of imidazole rings is 1. The lowest BCUT2D eigenvalue weighted by Gasteiger charge is -2.13. The van der Waals surface area contributed by atoms with Gasteiger partial charge in [0.1, 0.15) is 5.82 Å². The fraction of sp³-hybridized carbons (Fsp3) is 0.190. The van der Waals surface area contributed by atoms with Gasteiger partial charge in [-0.3, -0.25) is 5.32 Å². The van der Waals surface area contributed by atoms with E-state index in [-0.39, 0.29) is 5.69 Å². The third-order valence-corrected chi connectivity index (χ3v) is 5.03. The molecule has 2 aromatic carbocycles. The van der Waals surface area contributed by atoms with Crippen molar-refractivity contribution in [3.8, 4) is 11.4 Å². The maximum absolute atomic E-state index is 13.7. The first-order chi connectivity index (χ1) is 15.2. The molecular weight excluding hydrogens is 447 g/mol. The number of anilines is 1. The molecule has 0 aliphatic heterocycles. The van der Waals surface area contributed by atoms with Crippen molar-refractivity contribution in [2.45, 2.75) is 26.6 Å². The Kier molecular flexibility index (Phi) is 5.55. The molecule has 0 fully saturated rings. The molecule has 0 bridgehead atoms. The van der Waals surface area contributed by atoms with Crippen LogP contribution in [0.4, 0.5) is 23.7 Å². The summed E-state index contributed by atoms with van der Waals surface area (Å²) in [7, 11) is 0. The summed E-state index contributed by atoms with van der Waals surface area (Å²) < 4.78 is 48.8. The lowest BCUT2D eigenvalue weighted by atomic mass is 10.2. The number of fused-ring (bicyclic) bond motifs is 1. The monoisotopic (exact) mass is 463 g/mol. The summed E-state index contributed by atoms with van der Waals surface area (Å²) in [6, 6.07) is 10.6. The Hall–Kier alpha value is -3.53. The number of benzene rings is 2. The van der Waals surface area contributed by atoms with Crippen LogP contribution in [0.1, 0.15) is 18.4 Å². The first kappa shape index (κ1) is 21.7. The summed E-state index contributed by atoms with van der Waals surface area (Å²) in [5.41, 5.74) is 0.759. The summed E-state index contributed by atoms with van der Waals surface area (Å²) >= 11 is 5.80. The molecule has 0 saturated heterocycles. The van der Waals surface area contributed by atoms with Gasteiger partial charge >= 0.3 is 12.3 Å². The summed E-state index contributed by atoms with van der Waals surface area (Å²) in [5, 5.41) is 6.54. The minimum absolute atomic E-state index is 0.115. The summed E-state index contributed by atoms with van der Waals surface area (Å²) in [6.45, 7) is 4.58. The van der Waals surface area contributed by atoms with Crippen molar-refractivity contribution in [1.82, 2.24) is 19.3 Å². The van der Waals surface area contributed by atoms with Gasteiger partial charge in [-0.05, 0) is 56.3 Å². The van der Waals surface area contributed by atoms with Crippen LogP contribution >= 0.6 is 11.6 Å². The Labute approximate surface area is 185 Å². The number of hydrogen-bond donors (Lipinski definition) is 1. The first-order valence-corrected chi connectivity index (χ1v) is 9.92. The quantitative estimate of drug-likeness (QED) is 0.413. The molecular formula is C21H17ClF3N5O2. The zero-order valence-corrected chi connectivity index (χ0v) is 17.7. The lowest BCUT2D eigenvalue weighted by molar-refractivity contribution is -0.143. The van der Waals surface area contributed by atoms with Gasteiger partial charge < -0.3 is 9.30 Å². The average Bonchev–Trinajstić information content (AvgIpc) is 3.28. The van der Waals surface area contributed by atoms with Crippen LogP contribution in [-0.4, -0.2) is 25.4 Å². The predicted molar refractivity (Wildman–Crippen MR) is 113 cm³/mol. The third-order valence-electron chi connectivity index (χ3n) is 4.78. The zero-order valence-electron chi connectivity index (χ0n) is 16.9. The largest absolute Gasteiger partial charge is 0.437 e. The van der Waals surface area contributed by atoms with Crippen LogP contribution in [-0.2, 0) is 12.7 Å². The minimum atomic E-state index is -4.82. The molecule has 4 rings (SSSR count). The average molecular weight is 464 g/mol. The molecule has 2 aromatic heterocycles. The molecule has 166 valence electrons. The van der Waals surface area contributed by atoms with E-state index in [1.807, 2.05) is 18.4 Å². The number of rotatable bonds is 4. The van der Waals surface area contributed by atoms with E-state index in [0.29, 0.717) is 20.9 Å². The number of nitrogens with zero attached hydrogens (tertiary/aromatic N) is 4. The molecule has 0 spiro atoms. The van der Waals surface area contributed by atoms with Crippen molar-refractivity contribution in [2.75, 3.05) is 5.32 Å². The first-order valence-electron chi connectivity index (χ1n) is 9.54. The lowest BCUT2D eigenvalue weighted by Crippen LogP contribution is -2.20. The highest BCUT2D eigenvalue weighted by Crippen LogP contribution is 2.38. The second kappa shape index (κ2) is 8.19. The molecule has 1 N–H and O–H groups in total. The highest BCUT2D eigenvalue weighted by Gasteiger charge is 2.40. The van der Waals surface area contributed by atoms with Crippen molar-refractivity contribution < 1.29 is 22.7 Å². The van der Waals surface area contributed by atoms with Crippen molar-refractivity contribution in [1.29, 1.82) is 0 Å². The summed E-state index contributed by atoms with van der Waals surface area (Å²) in [4.78, 5) is 16.8. The topological polar surface area (TPSA) is 74.0 Å². The number of carbonyl (C=O) groups is 1. The number of halogens is 4. The smallest absolute Gasteiger partial charge is 0.406 e. The number of amides is 1. The number of nitrogens with one attached hydrogen (secondary N) is 1. The number of alkyl halides is 3. The maximum Gasteiger partial charge on any atom is 0.437 e. The van der Waals surface area contributed by atoms with Gasteiger partial charge in [0, 0.05) is 17.3 Å². The Balaban J connectivity index is 1.59. The standard InChI is InChI=1S/C21H17ClF3N5O2/c1-3-29-12(2)27-16-10-14(6-9-17(16)29)28-20(31)32-18-11-26-30(19(18)21(23,24)25)15-7-4-13(22)5-8-15/h4-11H,3H2,1-2H3,(H,28,31). The van der Waals surface area contributed by atoms with Gasteiger partial charge in [0.2, 0.25) is 0 Å². The van der Waals surface area contributed by atoms with Crippen LogP contribution in [0.3, 0.4) is 0 Å². The SMILES string of the molecule is CCn1c(C)nc2cc(NC(=O)Oc3cnn(-c4ccc(Cl)cc4)c3C(F)(F)F)ccc21. The fourth-order valence-electron chi connectivity index (χ4n) is 3.42. The van der Waals surface area contributed by atoms with Crippen molar-refractivity contribution in [2.24, 2.45) is 0 Å². The van der Waals surface area contributed by atoms with Gasteiger partial charge in [-0.15, -0.1) is 0 Å². The van der Waals surface area contributed by atoms with Gasteiger partial charge in [0.15, 0.2) is 11.4 Å². The van der Waals surface area contributed by atoms with E-state index < -0.39 is 23.7 Å². The van der Waals surface area contributed by atoms with Crippen molar-refractivity contribution in [3.63, 3.8) is 0 Å². The van der Waals surface area contributed by atoms with Crippen LogP contribution in [0.15, 0.2) is 48.7 Å². The van der Waals surface area contributed by atoms with E-state index in [4.69, 9.17) is 16.3 Å². The third kappa shape index (κ3) is 4.13. The molecule has 1 amide bonds. The van der Waals surface area contributed by atoms with Gasteiger partial charge in [0.05, 0.1) is 22.9 Å². The number of hydrogen-bond acceptors (Lipinski definition) is 4. The van der Waals surface area contributed by atoms with Gasteiger partial charge in [-0.2, -0.15) is 18.3 Å². The predicted octanol–water partition coefficient (Wildman–Crippen LogP) is 5.83. The number of aryl methyl sites for hydroxylation is 2. The Morgan fingerprint density at radius 2 is 1.91 bits per heavy atom. The Morgan fingerprint density at radius 3 is 2.56 bits per heavy atom. The van der Waals surface area contributed by atoms with E-state index in [9.17, 15) is 18.0 Å². The second-order valence-corrected chi connectivity index (χ2v) is 7.30. The van der Waals surface area contributed by atoms with Gasteiger partial charge in [0.25, 0.3) is 0 Å².